The molecule has 0 amide bonds. The van der Waals surface area contributed by atoms with E-state index in [4.69, 9.17) is 0 Å². The smallest absolute Gasteiger partial charge is 0.123 e. The Morgan fingerprint density at radius 2 is 2.00 bits per heavy atom. The predicted octanol–water partition coefficient (Wildman–Crippen LogP) is 3.97. The third-order valence-corrected chi connectivity index (χ3v) is 2.83. The van der Waals surface area contributed by atoms with E-state index in [1.54, 1.807) is 12.1 Å². The van der Waals surface area contributed by atoms with Crippen molar-refractivity contribution >= 4 is 0 Å². The first-order valence-electron chi connectivity index (χ1n) is 6.18. The van der Waals surface area contributed by atoms with Gasteiger partial charge in [-0.1, -0.05) is 26.3 Å². The molecule has 0 aliphatic heterocycles. The Bertz CT molecular complexity index is 323. The Morgan fingerprint density at radius 3 is 2.56 bits per heavy atom. The number of hydrogen-bond donors (Lipinski definition) is 1. The summed E-state index contributed by atoms with van der Waals surface area (Å²) in [7, 11) is 0. The van der Waals surface area contributed by atoms with E-state index in [2.05, 4.69) is 19.2 Å². The van der Waals surface area contributed by atoms with Crippen LogP contribution in [0.3, 0.4) is 0 Å². The molecule has 1 aromatic carbocycles. The van der Waals surface area contributed by atoms with E-state index in [9.17, 15) is 4.39 Å². The van der Waals surface area contributed by atoms with Crippen molar-refractivity contribution < 1.29 is 4.39 Å². The summed E-state index contributed by atoms with van der Waals surface area (Å²) in [4.78, 5) is 0. The van der Waals surface area contributed by atoms with Crippen molar-refractivity contribution in [3.63, 3.8) is 0 Å². The fraction of sp³-hybridized carbons (Fsp3) is 0.571. The fourth-order valence-corrected chi connectivity index (χ4v) is 2.00. The van der Waals surface area contributed by atoms with E-state index in [1.807, 2.05) is 13.0 Å². The summed E-state index contributed by atoms with van der Waals surface area (Å²) in [5.74, 6) is -0.146. The van der Waals surface area contributed by atoms with Crippen LogP contribution >= 0.6 is 0 Å². The van der Waals surface area contributed by atoms with Gasteiger partial charge in [-0.3, -0.25) is 0 Å². The van der Waals surface area contributed by atoms with Crippen molar-refractivity contribution in [2.75, 3.05) is 6.54 Å². The number of aryl methyl sites for hydroxylation is 1. The molecule has 1 atom stereocenters. The minimum Gasteiger partial charge on any atom is -0.310 e. The Balaban J connectivity index is 2.82. The van der Waals surface area contributed by atoms with Crippen LogP contribution in [0.5, 0.6) is 0 Å². The van der Waals surface area contributed by atoms with Gasteiger partial charge in [0.05, 0.1) is 0 Å². The minimum atomic E-state index is -0.146. The first-order valence-corrected chi connectivity index (χ1v) is 6.18. The summed E-state index contributed by atoms with van der Waals surface area (Å²) < 4.78 is 13.0. The second kappa shape index (κ2) is 6.64. The Hall–Kier alpha value is -0.890. The van der Waals surface area contributed by atoms with Crippen LogP contribution in [0.4, 0.5) is 4.39 Å². The largest absolute Gasteiger partial charge is 0.310 e. The van der Waals surface area contributed by atoms with Gasteiger partial charge < -0.3 is 5.32 Å². The molecule has 1 unspecified atom stereocenters. The van der Waals surface area contributed by atoms with Crippen LogP contribution in [0.1, 0.15) is 50.3 Å². The second-order valence-electron chi connectivity index (χ2n) is 4.30. The molecule has 0 aliphatic rings. The maximum Gasteiger partial charge on any atom is 0.123 e. The third kappa shape index (κ3) is 3.60. The molecule has 0 fully saturated rings. The lowest BCUT2D eigenvalue weighted by Crippen LogP contribution is -2.22. The average Bonchev–Trinajstić information content (AvgIpc) is 2.25. The van der Waals surface area contributed by atoms with E-state index in [0.29, 0.717) is 6.04 Å². The highest BCUT2D eigenvalue weighted by atomic mass is 19.1. The maximum absolute atomic E-state index is 13.0. The molecule has 0 aromatic heterocycles. The van der Waals surface area contributed by atoms with E-state index in [0.717, 1.165) is 31.4 Å². The molecule has 0 saturated heterocycles. The lowest BCUT2D eigenvalue weighted by Gasteiger charge is -2.20. The lowest BCUT2D eigenvalue weighted by atomic mass is 9.97. The van der Waals surface area contributed by atoms with Gasteiger partial charge in [-0.15, -0.1) is 0 Å². The molecule has 1 nitrogen and oxygen atoms in total. The number of halogens is 1. The van der Waals surface area contributed by atoms with Gasteiger partial charge in [0.1, 0.15) is 5.82 Å². The van der Waals surface area contributed by atoms with Crippen LogP contribution < -0.4 is 5.32 Å². The van der Waals surface area contributed by atoms with E-state index in [1.165, 1.54) is 5.56 Å². The zero-order valence-corrected chi connectivity index (χ0v) is 10.5. The molecule has 2 heteroatoms. The zero-order valence-electron chi connectivity index (χ0n) is 10.5. The monoisotopic (exact) mass is 223 g/mol. The van der Waals surface area contributed by atoms with Crippen LogP contribution in [-0.4, -0.2) is 6.54 Å². The van der Waals surface area contributed by atoms with Crippen LogP contribution in [0.25, 0.3) is 0 Å². The van der Waals surface area contributed by atoms with Gasteiger partial charge in [0.15, 0.2) is 0 Å². The molecule has 1 rings (SSSR count). The highest BCUT2D eigenvalue weighted by Gasteiger charge is 2.12. The van der Waals surface area contributed by atoms with E-state index in [-0.39, 0.29) is 5.82 Å². The van der Waals surface area contributed by atoms with Gasteiger partial charge >= 0.3 is 0 Å². The maximum atomic E-state index is 13.0. The van der Waals surface area contributed by atoms with Gasteiger partial charge in [-0.2, -0.15) is 0 Å². The summed E-state index contributed by atoms with van der Waals surface area (Å²) in [5, 5.41) is 3.52. The first-order chi connectivity index (χ1) is 7.69. The normalized spacial score (nSPS) is 12.8. The van der Waals surface area contributed by atoms with E-state index < -0.39 is 0 Å². The molecular formula is C14H22FN. The Labute approximate surface area is 98.1 Å². The standard InChI is InChI=1S/C14H22FN/c1-4-6-14(16-9-5-2)13-8-7-12(15)10-11(13)3/h7-8,10,14,16H,4-6,9H2,1-3H3. The van der Waals surface area contributed by atoms with Crippen LogP contribution in [0, 0.1) is 12.7 Å². The summed E-state index contributed by atoms with van der Waals surface area (Å²) in [6, 6.07) is 5.45. The lowest BCUT2D eigenvalue weighted by molar-refractivity contribution is 0.491. The van der Waals surface area contributed by atoms with Crippen molar-refractivity contribution in [3.8, 4) is 0 Å². The molecule has 0 radical (unpaired) electrons. The Kier molecular flexibility index (Phi) is 5.47. The highest BCUT2D eigenvalue weighted by molar-refractivity contribution is 5.29. The average molecular weight is 223 g/mol. The molecule has 0 bridgehead atoms. The molecule has 90 valence electrons. The molecular weight excluding hydrogens is 201 g/mol. The SMILES string of the molecule is CCCNC(CCC)c1ccc(F)cc1C. The molecule has 16 heavy (non-hydrogen) atoms. The molecule has 0 spiro atoms. The Morgan fingerprint density at radius 1 is 1.25 bits per heavy atom. The van der Waals surface area contributed by atoms with E-state index >= 15 is 0 Å². The number of hydrogen-bond acceptors (Lipinski definition) is 1. The predicted molar refractivity (Wildman–Crippen MR) is 67.1 cm³/mol. The second-order valence-corrected chi connectivity index (χ2v) is 4.30. The van der Waals surface area contributed by atoms with Gasteiger partial charge in [0.2, 0.25) is 0 Å². The van der Waals surface area contributed by atoms with Crippen LogP contribution in [0.2, 0.25) is 0 Å². The van der Waals surface area contributed by atoms with Crippen LogP contribution in [0.15, 0.2) is 18.2 Å². The molecule has 0 aliphatic carbocycles. The fourth-order valence-electron chi connectivity index (χ4n) is 2.00. The zero-order chi connectivity index (χ0) is 12.0. The summed E-state index contributed by atoms with van der Waals surface area (Å²) in [6.07, 6.45) is 3.37. The van der Waals surface area contributed by atoms with Gasteiger partial charge in [0.25, 0.3) is 0 Å². The summed E-state index contributed by atoms with van der Waals surface area (Å²) in [5.41, 5.74) is 2.28. The first kappa shape index (κ1) is 13.2. The number of benzene rings is 1. The van der Waals surface area contributed by atoms with Crippen molar-refractivity contribution in [2.45, 2.75) is 46.1 Å². The minimum absolute atomic E-state index is 0.146. The number of nitrogens with one attached hydrogen (secondary N) is 1. The topological polar surface area (TPSA) is 12.0 Å². The summed E-state index contributed by atoms with van der Waals surface area (Å²) >= 11 is 0. The van der Waals surface area contributed by atoms with Gasteiger partial charge in [-0.05, 0) is 49.6 Å². The van der Waals surface area contributed by atoms with Crippen LogP contribution in [-0.2, 0) is 0 Å². The van der Waals surface area contributed by atoms with Gasteiger partial charge in [0, 0.05) is 6.04 Å². The third-order valence-electron chi connectivity index (χ3n) is 2.83. The van der Waals surface area contributed by atoms with Crippen molar-refractivity contribution in [1.82, 2.24) is 5.32 Å². The molecule has 1 N–H and O–H groups in total. The summed E-state index contributed by atoms with van der Waals surface area (Å²) in [6.45, 7) is 7.34. The molecule has 0 saturated carbocycles. The number of rotatable bonds is 6. The highest BCUT2D eigenvalue weighted by Crippen LogP contribution is 2.22. The molecule has 1 aromatic rings. The molecule has 0 heterocycles. The van der Waals surface area contributed by atoms with Crippen molar-refractivity contribution in [2.24, 2.45) is 0 Å². The van der Waals surface area contributed by atoms with Crippen molar-refractivity contribution in [1.29, 1.82) is 0 Å². The van der Waals surface area contributed by atoms with Gasteiger partial charge in [-0.25, -0.2) is 4.39 Å². The quantitative estimate of drug-likeness (QED) is 0.769. The van der Waals surface area contributed by atoms with Crippen molar-refractivity contribution in [3.05, 3.63) is 35.1 Å².